The van der Waals surface area contributed by atoms with E-state index in [0.29, 0.717) is 21.0 Å². The molecule has 1 aromatic carbocycles. The fourth-order valence-electron chi connectivity index (χ4n) is 1.53. The normalized spacial score (nSPS) is 12.0. The fraction of sp³-hybridized carbons (Fsp3) is 0.273. The summed E-state index contributed by atoms with van der Waals surface area (Å²) in [5, 5.41) is 13.9. The number of hydrogen-bond donors (Lipinski definition) is 1. The lowest BCUT2D eigenvalue weighted by atomic mass is 10.3. The zero-order valence-electron chi connectivity index (χ0n) is 10.7. The van der Waals surface area contributed by atoms with Crippen LogP contribution in [0.1, 0.15) is 12.7 Å². The summed E-state index contributed by atoms with van der Waals surface area (Å²) in [5.41, 5.74) is 0.724. The summed E-state index contributed by atoms with van der Waals surface area (Å²) in [7, 11) is 0. The predicted octanol–water partition coefficient (Wildman–Crippen LogP) is 3.73. The first-order valence-electron chi connectivity index (χ1n) is 5.80. The van der Waals surface area contributed by atoms with Crippen LogP contribution in [0.5, 0.6) is 0 Å². The van der Waals surface area contributed by atoms with Crippen molar-refractivity contribution in [3.63, 3.8) is 0 Å². The zero-order valence-corrected chi connectivity index (χ0v) is 13.1. The van der Waals surface area contributed by atoms with Gasteiger partial charge in [0, 0.05) is 23.6 Å². The number of anilines is 2. The van der Waals surface area contributed by atoms with Gasteiger partial charge < -0.3 is 10.2 Å². The van der Waals surface area contributed by atoms with Crippen molar-refractivity contribution < 1.29 is 9.92 Å². The van der Waals surface area contributed by atoms with Crippen LogP contribution in [-0.4, -0.2) is 20.5 Å². The lowest BCUT2D eigenvalue weighted by molar-refractivity contribution is -0.767. The van der Waals surface area contributed by atoms with E-state index in [0.717, 1.165) is 17.2 Å². The van der Waals surface area contributed by atoms with E-state index in [1.807, 2.05) is 0 Å². The maximum absolute atomic E-state index is 10.2. The van der Waals surface area contributed by atoms with Crippen LogP contribution in [0.15, 0.2) is 18.2 Å². The second-order valence-corrected chi connectivity index (χ2v) is 5.68. The average Bonchev–Trinajstić information content (AvgIpc) is 2.80. The number of halogens is 2. The van der Waals surface area contributed by atoms with Crippen molar-refractivity contribution in [1.29, 1.82) is 0 Å². The highest BCUT2D eigenvalue weighted by Gasteiger charge is 2.12. The number of rotatable bonds is 6. The molecule has 112 valence electrons. The molecule has 0 aliphatic rings. The third-order valence-corrected chi connectivity index (χ3v) is 3.78. The van der Waals surface area contributed by atoms with Crippen LogP contribution in [0.3, 0.4) is 0 Å². The minimum absolute atomic E-state index is 0.251. The first-order chi connectivity index (χ1) is 9.94. The molecule has 2 rings (SSSR count). The first kappa shape index (κ1) is 15.7. The van der Waals surface area contributed by atoms with Crippen molar-refractivity contribution in [2.45, 2.75) is 19.4 Å². The summed E-state index contributed by atoms with van der Waals surface area (Å²) < 4.78 is 4.11. The van der Waals surface area contributed by atoms with Crippen molar-refractivity contribution in [2.75, 3.05) is 5.32 Å². The second-order valence-electron chi connectivity index (χ2n) is 4.11. The van der Waals surface area contributed by atoms with Gasteiger partial charge in [-0.3, -0.25) is 0 Å². The topological polar surface area (TPSA) is 90.2 Å². The summed E-state index contributed by atoms with van der Waals surface area (Å²) in [4.78, 5) is 18.8. The molecule has 0 amide bonds. The Bertz CT molecular complexity index is 652. The Hall–Kier alpha value is -1.64. The van der Waals surface area contributed by atoms with Gasteiger partial charge in [0.15, 0.2) is 0 Å². The standard InChI is InChI=1S/C11H10Cl2N4O3S/c1-6(20-17(18)19)4-10-15-11(21-16-10)14-7-2-3-8(12)9(13)5-7/h2-3,5-6H,4H2,1H3,(H,14,15,16). The molecule has 1 atom stereocenters. The molecule has 2 aromatic rings. The average molecular weight is 349 g/mol. The van der Waals surface area contributed by atoms with Crippen molar-refractivity contribution in [2.24, 2.45) is 0 Å². The van der Waals surface area contributed by atoms with Gasteiger partial charge in [0.05, 0.1) is 10.0 Å². The predicted molar refractivity (Wildman–Crippen MR) is 80.9 cm³/mol. The van der Waals surface area contributed by atoms with E-state index in [9.17, 15) is 10.1 Å². The molecular formula is C11H10Cl2N4O3S. The van der Waals surface area contributed by atoms with Crippen molar-refractivity contribution in [1.82, 2.24) is 9.36 Å². The Morgan fingerprint density at radius 1 is 1.48 bits per heavy atom. The fourth-order valence-corrected chi connectivity index (χ4v) is 2.44. The van der Waals surface area contributed by atoms with Crippen LogP contribution in [0.2, 0.25) is 10.0 Å². The Kier molecular flexibility index (Phi) is 5.16. The number of nitrogens with zero attached hydrogens (tertiary/aromatic N) is 3. The van der Waals surface area contributed by atoms with Crippen molar-refractivity contribution >= 4 is 45.6 Å². The number of benzene rings is 1. The molecule has 7 nitrogen and oxygen atoms in total. The Labute approximate surface area is 134 Å². The molecular weight excluding hydrogens is 339 g/mol. The summed E-state index contributed by atoms with van der Waals surface area (Å²) in [6.45, 7) is 1.58. The molecule has 0 saturated heterocycles. The van der Waals surface area contributed by atoms with E-state index in [1.54, 1.807) is 25.1 Å². The highest BCUT2D eigenvalue weighted by molar-refractivity contribution is 7.09. The third kappa shape index (κ3) is 4.69. The van der Waals surface area contributed by atoms with E-state index >= 15 is 0 Å². The van der Waals surface area contributed by atoms with Crippen LogP contribution in [0.25, 0.3) is 0 Å². The van der Waals surface area contributed by atoms with Crippen LogP contribution in [0.4, 0.5) is 10.8 Å². The highest BCUT2D eigenvalue weighted by atomic mass is 35.5. The zero-order chi connectivity index (χ0) is 15.4. The van der Waals surface area contributed by atoms with Crippen LogP contribution in [-0.2, 0) is 11.3 Å². The van der Waals surface area contributed by atoms with Gasteiger partial charge in [-0.05, 0) is 25.1 Å². The molecule has 0 aliphatic heterocycles. The summed E-state index contributed by atoms with van der Waals surface area (Å²) in [6.07, 6.45) is -0.354. The molecule has 1 unspecified atom stereocenters. The summed E-state index contributed by atoms with van der Waals surface area (Å²) in [6, 6.07) is 5.10. The van der Waals surface area contributed by atoms with Crippen LogP contribution >= 0.6 is 34.7 Å². The number of aromatic nitrogens is 2. The molecule has 1 aromatic heterocycles. The Morgan fingerprint density at radius 3 is 2.90 bits per heavy atom. The van der Waals surface area contributed by atoms with Gasteiger partial charge in [-0.1, -0.05) is 23.2 Å². The molecule has 0 spiro atoms. The molecule has 21 heavy (non-hydrogen) atoms. The third-order valence-electron chi connectivity index (χ3n) is 2.38. The van der Waals surface area contributed by atoms with Gasteiger partial charge in [0.1, 0.15) is 11.9 Å². The quantitative estimate of drug-likeness (QED) is 0.631. The van der Waals surface area contributed by atoms with Gasteiger partial charge in [-0.15, -0.1) is 10.1 Å². The lowest BCUT2D eigenvalue weighted by Crippen LogP contribution is -2.16. The molecule has 0 aliphatic carbocycles. The van der Waals surface area contributed by atoms with Gasteiger partial charge in [-0.25, -0.2) is 4.98 Å². The van der Waals surface area contributed by atoms with Crippen LogP contribution in [0, 0.1) is 10.1 Å². The van der Waals surface area contributed by atoms with Crippen LogP contribution < -0.4 is 5.32 Å². The minimum Gasteiger partial charge on any atom is -0.330 e. The number of hydrogen-bond acceptors (Lipinski definition) is 7. The van der Waals surface area contributed by atoms with Gasteiger partial charge in [0.2, 0.25) is 5.13 Å². The lowest BCUT2D eigenvalue weighted by Gasteiger charge is -2.05. The monoisotopic (exact) mass is 348 g/mol. The van der Waals surface area contributed by atoms with E-state index in [-0.39, 0.29) is 6.42 Å². The minimum atomic E-state index is -0.827. The maximum Gasteiger partial charge on any atom is 0.294 e. The summed E-state index contributed by atoms with van der Waals surface area (Å²) >= 11 is 12.9. The van der Waals surface area contributed by atoms with Gasteiger partial charge in [-0.2, -0.15) is 4.37 Å². The highest BCUT2D eigenvalue weighted by Crippen LogP contribution is 2.27. The molecule has 0 fully saturated rings. The number of nitrogens with one attached hydrogen (secondary N) is 1. The van der Waals surface area contributed by atoms with E-state index in [4.69, 9.17) is 23.2 Å². The molecule has 10 heteroatoms. The molecule has 0 saturated carbocycles. The SMILES string of the molecule is CC(Cc1nsc(Nc2ccc(Cl)c(Cl)c2)n1)O[N+](=O)[O-]. The van der Waals surface area contributed by atoms with Gasteiger partial charge in [0.25, 0.3) is 5.09 Å². The molecule has 1 N–H and O–H groups in total. The Balaban J connectivity index is 1.99. The van der Waals surface area contributed by atoms with E-state index < -0.39 is 11.2 Å². The molecule has 0 radical (unpaired) electrons. The largest absolute Gasteiger partial charge is 0.330 e. The van der Waals surface area contributed by atoms with E-state index in [2.05, 4.69) is 19.5 Å². The van der Waals surface area contributed by atoms with Gasteiger partial charge >= 0.3 is 0 Å². The van der Waals surface area contributed by atoms with Crippen molar-refractivity contribution in [3.8, 4) is 0 Å². The Morgan fingerprint density at radius 2 is 2.24 bits per heavy atom. The summed E-state index contributed by atoms with van der Waals surface area (Å²) in [5.74, 6) is 0.469. The van der Waals surface area contributed by atoms with E-state index in [1.165, 1.54) is 0 Å². The second kappa shape index (κ2) is 6.88. The first-order valence-corrected chi connectivity index (χ1v) is 7.33. The molecule has 1 heterocycles. The van der Waals surface area contributed by atoms with Crippen molar-refractivity contribution in [3.05, 3.63) is 44.2 Å². The maximum atomic E-state index is 10.2. The molecule has 0 bridgehead atoms. The smallest absolute Gasteiger partial charge is 0.294 e.